The van der Waals surface area contributed by atoms with E-state index in [-0.39, 0.29) is 0 Å². The maximum absolute atomic E-state index is 4.71. The molecule has 0 fully saturated rings. The van der Waals surface area contributed by atoms with Crippen LogP contribution in [0.5, 0.6) is 0 Å². The van der Waals surface area contributed by atoms with Crippen molar-refractivity contribution in [2.75, 3.05) is 5.33 Å². The fourth-order valence-corrected chi connectivity index (χ4v) is 2.80. The molecule has 2 atom stereocenters. The second kappa shape index (κ2) is 7.63. The van der Waals surface area contributed by atoms with Crippen LogP contribution in [-0.4, -0.2) is 15.1 Å². The summed E-state index contributed by atoms with van der Waals surface area (Å²) in [6.07, 6.45) is 5.36. The minimum Gasteiger partial charge on any atom is -0.270 e. The Morgan fingerprint density at radius 3 is 2.55 bits per heavy atom. The van der Waals surface area contributed by atoms with Crippen molar-refractivity contribution in [1.29, 1.82) is 0 Å². The second-order valence-corrected chi connectivity index (χ2v) is 6.11. The van der Waals surface area contributed by atoms with Gasteiger partial charge in [0.15, 0.2) is 0 Å². The van der Waals surface area contributed by atoms with E-state index in [0.29, 0.717) is 12.0 Å². The summed E-state index contributed by atoms with van der Waals surface area (Å²) in [5, 5.41) is 5.72. The van der Waals surface area contributed by atoms with Crippen LogP contribution in [0.1, 0.15) is 37.6 Å². The van der Waals surface area contributed by atoms with Gasteiger partial charge in [-0.05, 0) is 43.7 Å². The highest BCUT2D eigenvalue weighted by Gasteiger charge is 2.12. The molecule has 0 radical (unpaired) electrons. The first-order valence-corrected chi connectivity index (χ1v) is 8.49. The molecule has 2 aromatic rings. The van der Waals surface area contributed by atoms with E-state index in [4.69, 9.17) is 5.10 Å². The lowest BCUT2D eigenvalue weighted by atomic mass is 9.97. The van der Waals surface area contributed by atoms with E-state index in [2.05, 4.69) is 77.1 Å². The molecule has 0 aliphatic carbocycles. The topological polar surface area (TPSA) is 17.8 Å². The van der Waals surface area contributed by atoms with Crippen molar-refractivity contribution in [2.24, 2.45) is 5.92 Å². The van der Waals surface area contributed by atoms with Crippen LogP contribution in [0.3, 0.4) is 0 Å². The summed E-state index contributed by atoms with van der Waals surface area (Å²) in [5.41, 5.74) is 2.60. The maximum atomic E-state index is 4.71. The third kappa shape index (κ3) is 4.20. The highest BCUT2D eigenvalue weighted by atomic mass is 79.9. The van der Waals surface area contributed by atoms with Crippen LogP contribution >= 0.6 is 15.9 Å². The molecule has 1 heterocycles. The normalized spacial score (nSPS) is 14.2. The fraction of sp³-hybridized carbons (Fsp3) is 0.471. The van der Waals surface area contributed by atoms with E-state index >= 15 is 0 Å². The maximum Gasteiger partial charge on any atom is 0.0627 e. The quantitative estimate of drug-likeness (QED) is 0.674. The van der Waals surface area contributed by atoms with E-state index < -0.39 is 0 Å². The molecule has 108 valence electrons. The molecule has 2 rings (SSSR count). The zero-order chi connectivity index (χ0) is 14.4. The molecule has 0 aliphatic heterocycles. The van der Waals surface area contributed by atoms with E-state index in [0.717, 1.165) is 24.6 Å². The lowest BCUT2D eigenvalue weighted by Gasteiger charge is -2.13. The lowest BCUT2D eigenvalue weighted by Crippen LogP contribution is -2.11. The number of halogens is 1. The molecule has 1 aromatic carbocycles. The summed E-state index contributed by atoms with van der Waals surface area (Å²) in [4.78, 5) is 0. The van der Waals surface area contributed by atoms with E-state index in [1.807, 2.05) is 0 Å². The first-order valence-electron chi connectivity index (χ1n) is 7.36. The van der Waals surface area contributed by atoms with Crippen LogP contribution in [-0.2, 0) is 12.8 Å². The van der Waals surface area contributed by atoms with E-state index in [9.17, 15) is 0 Å². The molecule has 0 aliphatic rings. The molecule has 0 saturated heterocycles. The molecule has 3 heteroatoms. The number of alkyl halides is 1. The van der Waals surface area contributed by atoms with Crippen molar-refractivity contribution >= 4 is 15.9 Å². The van der Waals surface area contributed by atoms with E-state index in [1.165, 1.54) is 11.3 Å². The van der Waals surface area contributed by atoms with E-state index in [1.54, 1.807) is 0 Å². The van der Waals surface area contributed by atoms with Gasteiger partial charge in [0, 0.05) is 17.6 Å². The zero-order valence-corrected chi connectivity index (χ0v) is 13.9. The molecule has 2 unspecified atom stereocenters. The molecule has 0 spiro atoms. The van der Waals surface area contributed by atoms with Crippen molar-refractivity contribution in [3.8, 4) is 0 Å². The predicted molar refractivity (Wildman–Crippen MR) is 88.4 cm³/mol. The van der Waals surface area contributed by atoms with Gasteiger partial charge in [-0.2, -0.15) is 5.10 Å². The standard InChI is InChI=1S/C17H23BrN2/c1-3-14(2)20-10-9-17(19-20)12-16(13-18)11-15-7-5-4-6-8-15/h4-10,14,16H,3,11-13H2,1-2H3. The molecule has 0 N–H and O–H groups in total. The Morgan fingerprint density at radius 2 is 1.90 bits per heavy atom. The van der Waals surface area contributed by atoms with Crippen molar-refractivity contribution in [2.45, 2.75) is 39.2 Å². The molecular weight excluding hydrogens is 312 g/mol. The Labute approximate surface area is 130 Å². The third-order valence-corrected chi connectivity index (χ3v) is 4.70. The van der Waals surface area contributed by atoms with Crippen molar-refractivity contribution in [1.82, 2.24) is 9.78 Å². The first-order chi connectivity index (χ1) is 9.72. The Bertz CT molecular complexity index is 507. The van der Waals surface area contributed by atoms with Crippen LogP contribution in [0.2, 0.25) is 0 Å². The van der Waals surface area contributed by atoms with Gasteiger partial charge in [0.2, 0.25) is 0 Å². The molecule has 0 amide bonds. The monoisotopic (exact) mass is 334 g/mol. The summed E-state index contributed by atoms with van der Waals surface area (Å²) >= 11 is 3.65. The van der Waals surface area contributed by atoms with Crippen LogP contribution in [0, 0.1) is 5.92 Å². The largest absolute Gasteiger partial charge is 0.270 e. The average Bonchev–Trinajstić information content (AvgIpc) is 2.95. The number of hydrogen-bond donors (Lipinski definition) is 0. The number of rotatable bonds is 7. The Hall–Kier alpha value is -1.09. The van der Waals surface area contributed by atoms with Gasteiger partial charge in [0.25, 0.3) is 0 Å². The van der Waals surface area contributed by atoms with Gasteiger partial charge in [0.05, 0.1) is 5.69 Å². The van der Waals surface area contributed by atoms with Gasteiger partial charge in [-0.15, -0.1) is 0 Å². The Kier molecular flexibility index (Phi) is 5.84. The number of aromatic nitrogens is 2. The molecule has 20 heavy (non-hydrogen) atoms. The van der Waals surface area contributed by atoms with Gasteiger partial charge >= 0.3 is 0 Å². The summed E-state index contributed by atoms with van der Waals surface area (Å²) in [6, 6.07) is 13.3. The Morgan fingerprint density at radius 1 is 1.15 bits per heavy atom. The van der Waals surface area contributed by atoms with Crippen molar-refractivity contribution in [3.05, 3.63) is 53.9 Å². The highest BCUT2D eigenvalue weighted by Crippen LogP contribution is 2.17. The minimum absolute atomic E-state index is 0.486. The predicted octanol–water partition coefficient (Wildman–Crippen LogP) is 4.65. The summed E-state index contributed by atoms with van der Waals surface area (Å²) in [6.45, 7) is 4.41. The Balaban J connectivity index is 1.98. The van der Waals surface area contributed by atoms with Gasteiger partial charge in [0.1, 0.15) is 0 Å². The highest BCUT2D eigenvalue weighted by molar-refractivity contribution is 9.09. The second-order valence-electron chi connectivity index (χ2n) is 5.46. The van der Waals surface area contributed by atoms with Gasteiger partial charge in [-0.3, -0.25) is 4.68 Å². The lowest BCUT2D eigenvalue weighted by molar-refractivity contribution is 0.468. The molecule has 1 aromatic heterocycles. The fourth-order valence-electron chi connectivity index (χ4n) is 2.34. The van der Waals surface area contributed by atoms with Crippen LogP contribution in [0.4, 0.5) is 0 Å². The van der Waals surface area contributed by atoms with Crippen LogP contribution in [0.25, 0.3) is 0 Å². The minimum atomic E-state index is 0.486. The van der Waals surface area contributed by atoms with Crippen LogP contribution in [0.15, 0.2) is 42.6 Å². The molecular formula is C17H23BrN2. The summed E-state index contributed by atoms with van der Waals surface area (Å²) in [5.74, 6) is 0.595. The van der Waals surface area contributed by atoms with Gasteiger partial charge in [-0.25, -0.2) is 0 Å². The summed E-state index contributed by atoms with van der Waals surface area (Å²) in [7, 11) is 0. The number of hydrogen-bond acceptors (Lipinski definition) is 1. The molecule has 0 bridgehead atoms. The smallest absolute Gasteiger partial charge is 0.0627 e. The van der Waals surface area contributed by atoms with Crippen molar-refractivity contribution in [3.63, 3.8) is 0 Å². The third-order valence-electron chi connectivity index (χ3n) is 3.79. The van der Waals surface area contributed by atoms with Crippen LogP contribution < -0.4 is 0 Å². The molecule has 2 nitrogen and oxygen atoms in total. The summed E-state index contributed by atoms with van der Waals surface area (Å²) < 4.78 is 2.09. The van der Waals surface area contributed by atoms with Gasteiger partial charge < -0.3 is 0 Å². The zero-order valence-electron chi connectivity index (χ0n) is 12.3. The number of benzene rings is 1. The number of nitrogens with zero attached hydrogens (tertiary/aromatic N) is 2. The average molecular weight is 335 g/mol. The van der Waals surface area contributed by atoms with Gasteiger partial charge in [-0.1, -0.05) is 53.2 Å². The first kappa shape index (κ1) is 15.3. The SMILES string of the molecule is CCC(C)n1ccc(CC(CBr)Cc2ccccc2)n1. The molecule has 0 saturated carbocycles. The van der Waals surface area contributed by atoms with Crippen molar-refractivity contribution < 1.29 is 0 Å².